The van der Waals surface area contributed by atoms with Crippen LogP contribution in [0.25, 0.3) is 0 Å². The highest BCUT2D eigenvalue weighted by Crippen LogP contribution is 2.40. The first kappa shape index (κ1) is 16.6. The van der Waals surface area contributed by atoms with E-state index in [1.807, 2.05) is 0 Å². The summed E-state index contributed by atoms with van der Waals surface area (Å²) in [7, 11) is 0. The Morgan fingerprint density at radius 1 is 1.12 bits per heavy atom. The molecule has 0 radical (unpaired) electrons. The smallest absolute Gasteiger partial charge is 0.299 e. The number of ether oxygens (including phenoxy) is 1. The Morgan fingerprint density at radius 3 is 2.54 bits per heavy atom. The van der Waals surface area contributed by atoms with E-state index in [9.17, 15) is 20.2 Å². The molecule has 8 heteroatoms. The molecule has 1 heterocycles. The van der Waals surface area contributed by atoms with E-state index >= 15 is 0 Å². The molecule has 3 rings (SSSR count). The highest BCUT2D eigenvalue weighted by atomic mass is 16.6. The SMILES string of the molecule is O=[N+]([O-])c1ccc(NC2CCOC3(CCCCC3)C2)c([N+](=O)[O-])c1. The fourth-order valence-electron chi connectivity index (χ4n) is 3.82. The van der Waals surface area contributed by atoms with Crippen molar-refractivity contribution >= 4 is 17.1 Å². The summed E-state index contributed by atoms with van der Waals surface area (Å²) in [5, 5.41) is 25.3. The van der Waals surface area contributed by atoms with E-state index in [1.165, 1.54) is 18.6 Å². The van der Waals surface area contributed by atoms with Gasteiger partial charge in [0.25, 0.3) is 11.4 Å². The van der Waals surface area contributed by atoms with Crippen LogP contribution >= 0.6 is 0 Å². The van der Waals surface area contributed by atoms with Crippen molar-refractivity contribution in [3.63, 3.8) is 0 Å². The third-order valence-electron chi connectivity index (χ3n) is 5.01. The monoisotopic (exact) mass is 335 g/mol. The average molecular weight is 335 g/mol. The zero-order chi connectivity index (χ0) is 17.2. The summed E-state index contributed by atoms with van der Waals surface area (Å²) < 4.78 is 6.04. The van der Waals surface area contributed by atoms with Crippen LogP contribution in [0.15, 0.2) is 18.2 Å². The molecule has 2 aliphatic rings. The minimum atomic E-state index is -0.623. The Morgan fingerprint density at radius 2 is 1.88 bits per heavy atom. The highest BCUT2D eigenvalue weighted by Gasteiger charge is 2.39. The number of nitro benzene ring substituents is 2. The maximum Gasteiger partial charge on any atom is 0.299 e. The van der Waals surface area contributed by atoms with Gasteiger partial charge in [-0.1, -0.05) is 19.3 Å². The first-order valence-electron chi connectivity index (χ1n) is 8.32. The van der Waals surface area contributed by atoms with E-state index in [4.69, 9.17) is 4.74 Å². The first-order valence-corrected chi connectivity index (χ1v) is 8.32. The van der Waals surface area contributed by atoms with Crippen LogP contribution in [-0.4, -0.2) is 28.1 Å². The normalized spacial score (nSPS) is 22.9. The number of rotatable bonds is 4. The van der Waals surface area contributed by atoms with Crippen LogP contribution in [0.2, 0.25) is 0 Å². The Balaban J connectivity index is 1.77. The molecule has 24 heavy (non-hydrogen) atoms. The second kappa shape index (κ2) is 6.72. The van der Waals surface area contributed by atoms with Gasteiger partial charge in [0.1, 0.15) is 5.69 Å². The number of nitrogens with zero attached hydrogens (tertiary/aromatic N) is 2. The molecule has 1 aliphatic heterocycles. The lowest BCUT2D eigenvalue weighted by Gasteiger charge is -2.43. The van der Waals surface area contributed by atoms with Crippen LogP contribution in [0.4, 0.5) is 17.1 Å². The third-order valence-corrected chi connectivity index (χ3v) is 5.01. The summed E-state index contributed by atoms with van der Waals surface area (Å²) in [6.45, 7) is 0.637. The van der Waals surface area contributed by atoms with Crippen LogP contribution < -0.4 is 5.32 Å². The molecule has 0 amide bonds. The van der Waals surface area contributed by atoms with Crippen LogP contribution in [0.5, 0.6) is 0 Å². The fourth-order valence-corrected chi connectivity index (χ4v) is 3.82. The molecule has 1 saturated carbocycles. The molecule has 130 valence electrons. The highest BCUT2D eigenvalue weighted by molar-refractivity contribution is 5.65. The van der Waals surface area contributed by atoms with E-state index < -0.39 is 9.85 Å². The van der Waals surface area contributed by atoms with Gasteiger partial charge in [0.2, 0.25) is 0 Å². The van der Waals surface area contributed by atoms with Crippen molar-refractivity contribution in [3.8, 4) is 0 Å². The van der Waals surface area contributed by atoms with Gasteiger partial charge in [-0.3, -0.25) is 20.2 Å². The molecule has 1 aromatic rings. The summed E-state index contributed by atoms with van der Waals surface area (Å²) >= 11 is 0. The summed E-state index contributed by atoms with van der Waals surface area (Å²) in [5.74, 6) is 0. The standard InChI is InChI=1S/C16H21N3O5/c20-18(21)13-4-5-14(15(10-13)19(22)23)17-12-6-9-24-16(11-12)7-2-1-3-8-16/h4-5,10,12,17H,1-3,6-9,11H2. The quantitative estimate of drug-likeness (QED) is 0.662. The Kier molecular flexibility index (Phi) is 4.66. The van der Waals surface area contributed by atoms with E-state index in [0.717, 1.165) is 44.6 Å². The molecule has 0 aromatic heterocycles. The van der Waals surface area contributed by atoms with Gasteiger partial charge >= 0.3 is 0 Å². The molecule has 1 aromatic carbocycles. The molecule has 8 nitrogen and oxygen atoms in total. The van der Waals surface area contributed by atoms with Crippen LogP contribution in [0.1, 0.15) is 44.9 Å². The van der Waals surface area contributed by atoms with Gasteiger partial charge in [-0.15, -0.1) is 0 Å². The molecule has 1 atom stereocenters. The number of hydrogen-bond donors (Lipinski definition) is 1. The van der Waals surface area contributed by atoms with Crippen LogP contribution in [0, 0.1) is 20.2 Å². The van der Waals surface area contributed by atoms with Crippen molar-refractivity contribution in [1.29, 1.82) is 0 Å². The average Bonchev–Trinajstić information content (AvgIpc) is 2.55. The lowest BCUT2D eigenvalue weighted by Crippen LogP contribution is -2.45. The van der Waals surface area contributed by atoms with Crippen molar-refractivity contribution in [3.05, 3.63) is 38.4 Å². The molecule has 1 N–H and O–H groups in total. The number of benzene rings is 1. The number of non-ortho nitro benzene ring substituents is 1. The lowest BCUT2D eigenvalue weighted by molar-refractivity contribution is -0.393. The van der Waals surface area contributed by atoms with Gasteiger partial charge < -0.3 is 10.1 Å². The molecule has 1 aliphatic carbocycles. The van der Waals surface area contributed by atoms with Gasteiger partial charge in [0, 0.05) is 18.7 Å². The van der Waals surface area contributed by atoms with Gasteiger partial charge in [-0.25, -0.2) is 0 Å². The van der Waals surface area contributed by atoms with Crippen molar-refractivity contribution in [1.82, 2.24) is 0 Å². The molecular formula is C16H21N3O5. The van der Waals surface area contributed by atoms with Gasteiger partial charge in [-0.2, -0.15) is 0 Å². The van der Waals surface area contributed by atoms with Gasteiger partial charge in [-0.05, 0) is 31.7 Å². The third kappa shape index (κ3) is 3.48. The molecule has 0 bridgehead atoms. The van der Waals surface area contributed by atoms with Gasteiger partial charge in [0.05, 0.1) is 21.5 Å². The van der Waals surface area contributed by atoms with E-state index in [1.54, 1.807) is 0 Å². The van der Waals surface area contributed by atoms with Crippen molar-refractivity contribution in [2.45, 2.75) is 56.6 Å². The minimum Gasteiger partial charge on any atom is -0.377 e. The van der Waals surface area contributed by atoms with E-state index in [0.29, 0.717) is 12.3 Å². The second-order valence-corrected chi connectivity index (χ2v) is 6.64. The zero-order valence-corrected chi connectivity index (χ0v) is 13.4. The van der Waals surface area contributed by atoms with Gasteiger partial charge in [0.15, 0.2) is 0 Å². The number of anilines is 1. The van der Waals surface area contributed by atoms with E-state index in [2.05, 4.69) is 5.32 Å². The summed E-state index contributed by atoms with van der Waals surface area (Å²) in [6, 6.07) is 3.82. The summed E-state index contributed by atoms with van der Waals surface area (Å²) in [6.07, 6.45) is 7.21. The molecule has 1 spiro atoms. The zero-order valence-electron chi connectivity index (χ0n) is 13.4. The molecule has 1 saturated heterocycles. The largest absolute Gasteiger partial charge is 0.377 e. The summed E-state index contributed by atoms with van der Waals surface area (Å²) in [5.41, 5.74) is -0.302. The molecule has 1 unspecified atom stereocenters. The predicted molar refractivity (Wildman–Crippen MR) is 88.2 cm³/mol. The van der Waals surface area contributed by atoms with Crippen molar-refractivity contribution in [2.24, 2.45) is 0 Å². The Bertz CT molecular complexity index is 637. The Hall–Kier alpha value is -2.22. The molecule has 2 fully saturated rings. The number of nitrogens with one attached hydrogen (secondary N) is 1. The topological polar surface area (TPSA) is 108 Å². The van der Waals surface area contributed by atoms with Crippen LogP contribution in [-0.2, 0) is 4.74 Å². The fraction of sp³-hybridized carbons (Fsp3) is 0.625. The first-order chi connectivity index (χ1) is 11.5. The van der Waals surface area contributed by atoms with Crippen LogP contribution in [0.3, 0.4) is 0 Å². The summed E-state index contributed by atoms with van der Waals surface area (Å²) in [4.78, 5) is 20.9. The minimum absolute atomic E-state index is 0.0806. The Labute approximate surface area is 139 Å². The van der Waals surface area contributed by atoms with Crippen molar-refractivity contribution in [2.75, 3.05) is 11.9 Å². The number of nitro groups is 2. The molecular weight excluding hydrogens is 314 g/mol. The maximum atomic E-state index is 11.3. The lowest BCUT2D eigenvalue weighted by atomic mass is 9.78. The number of hydrogen-bond acceptors (Lipinski definition) is 6. The van der Waals surface area contributed by atoms with Crippen molar-refractivity contribution < 1.29 is 14.6 Å². The maximum absolute atomic E-state index is 11.3. The predicted octanol–water partition coefficient (Wildman–Crippen LogP) is 3.80. The van der Waals surface area contributed by atoms with E-state index in [-0.39, 0.29) is 23.0 Å². The second-order valence-electron chi connectivity index (χ2n) is 6.64.